The van der Waals surface area contributed by atoms with Crippen LogP contribution in [0.25, 0.3) is 0 Å². The van der Waals surface area contributed by atoms with Crippen LogP contribution in [-0.4, -0.2) is 53.1 Å². The summed E-state index contributed by atoms with van der Waals surface area (Å²) in [5, 5.41) is 7.38. The summed E-state index contributed by atoms with van der Waals surface area (Å²) in [5.41, 5.74) is 1.22. The molecular formula is C18H23ClN4O2. The lowest BCUT2D eigenvalue weighted by molar-refractivity contribution is -0.121. The van der Waals surface area contributed by atoms with Gasteiger partial charge in [-0.05, 0) is 31.5 Å². The van der Waals surface area contributed by atoms with Crippen molar-refractivity contribution in [2.75, 3.05) is 31.5 Å². The van der Waals surface area contributed by atoms with Crippen molar-refractivity contribution in [3.8, 4) is 0 Å². The third kappa shape index (κ3) is 4.81. The van der Waals surface area contributed by atoms with Gasteiger partial charge in [-0.25, -0.2) is 0 Å². The van der Waals surface area contributed by atoms with Gasteiger partial charge < -0.3 is 9.84 Å². The summed E-state index contributed by atoms with van der Waals surface area (Å²) in [7, 11) is 0. The zero-order valence-electron chi connectivity index (χ0n) is 14.5. The largest absolute Gasteiger partial charge is 0.360 e. The highest BCUT2D eigenvalue weighted by atomic mass is 35.5. The third-order valence-corrected chi connectivity index (χ3v) is 4.74. The monoisotopic (exact) mass is 362 g/mol. The molecule has 1 aromatic carbocycles. The molecule has 1 saturated heterocycles. The zero-order valence-corrected chi connectivity index (χ0v) is 15.3. The predicted octanol–water partition coefficient (Wildman–Crippen LogP) is 2.78. The summed E-state index contributed by atoms with van der Waals surface area (Å²) in [5.74, 6) is 1.09. The molecule has 25 heavy (non-hydrogen) atoms. The van der Waals surface area contributed by atoms with Gasteiger partial charge in [0.2, 0.25) is 5.91 Å². The molecule has 2 heterocycles. The van der Waals surface area contributed by atoms with Gasteiger partial charge >= 0.3 is 0 Å². The minimum Gasteiger partial charge on any atom is -0.360 e. The van der Waals surface area contributed by atoms with Crippen LogP contribution in [-0.2, 0) is 11.3 Å². The summed E-state index contributed by atoms with van der Waals surface area (Å²) >= 11 is 6.05. The maximum Gasteiger partial charge on any atom is 0.242 e. The Morgan fingerprint density at radius 1 is 1.32 bits per heavy atom. The Kier molecular flexibility index (Phi) is 5.73. The Labute approximate surface area is 152 Å². The first-order valence-electron chi connectivity index (χ1n) is 8.46. The number of nitrogens with zero attached hydrogens (tertiary/aromatic N) is 3. The standard InChI is InChI=1S/C18H23ClN4O2/c1-13-10-17(21-25-13)20-18(24)14(2)23-8-6-22(7-9-23)12-15-4-3-5-16(19)11-15/h3-5,10-11,14H,6-9,12H2,1-2H3,(H,20,21,24)/t14-/m0/s1. The number of nitrogens with one attached hydrogen (secondary N) is 1. The van der Waals surface area contributed by atoms with Crippen molar-refractivity contribution in [3.63, 3.8) is 0 Å². The molecule has 0 aliphatic carbocycles. The van der Waals surface area contributed by atoms with E-state index in [0.717, 1.165) is 37.7 Å². The van der Waals surface area contributed by atoms with Crippen molar-refractivity contribution in [3.05, 3.63) is 46.7 Å². The second kappa shape index (κ2) is 7.99. The van der Waals surface area contributed by atoms with E-state index in [-0.39, 0.29) is 11.9 Å². The summed E-state index contributed by atoms with van der Waals surface area (Å²) in [6.45, 7) is 8.16. The van der Waals surface area contributed by atoms with Crippen LogP contribution in [0.1, 0.15) is 18.2 Å². The first-order valence-corrected chi connectivity index (χ1v) is 8.84. The second-order valence-electron chi connectivity index (χ2n) is 6.43. The molecule has 1 aliphatic heterocycles. The average Bonchev–Trinajstić information content (AvgIpc) is 3.00. The molecule has 0 saturated carbocycles. The number of aryl methyl sites for hydroxylation is 1. The third-order valence-electron chi connectivity index (χ3n) is 4.51. The average molecular weight is 363 g/mol. The quantitative estimate of drug-likeness (QED) is 0.886. The van der Waals surface area contributed by atoms with E-state index < -0.39 is 0 Å². The smallest absolute Gasteiger partial charge is 0.242 e. The number of halogens is 1. The number of anilines is 1. The fraction of sp³-hybridized carbons (Fsp3) is 0.444. The van der Waals surface area contributed by atoms with Crippen molar-refractivity contribution >= 4 is 23.3 Å². The highest BCUT2D eigenvalue weighted by molar-refractivity contribution is 6.30. The van der Waals surface area contributed by atoms with Crippen molar-refractivity contribution in [1.82, 2.24) is 15.0 Å². The summed E-state index contributed by atoms with van der Waals surface area (Å²) in [6, 6.07) is 9.47. The topological polar surface area (TPSA) is 61.6 Å². The normalized spacial score (nSPS) is 17.4. The number of carbonyl (C=O) groups excluding carboxylic acids is 1. The fourth-order valence-corrected chi connectivity index (χ4v) is 3.24. The van der Waals surface area contributed by atoms with E-state index in [0.29, 0.717) is 11.6 Å². The van der Waals surface area contributed by atoms with E-state index in [1.54, 1.807) is 13.0 Å². The molecule has 1 fully saturated rings. The van der Waals surface area contributed by atoms with Crippen LogP contribution < -0.4 is 5.32 Å². The molecular weight excluding hydrogens is 340 g/mol. The van der Waals surface area contributed by atoms with Crippen LogP contribution in [0.4, 0.5) is 5.82 Å². The van der Waals surface area contributed by atoms with Gasteiger partial charge in [-0.15, -0.1) is 0 Å². The number of carbonyl (C=O) groups is 1. The van der Waals surface area contributed by atoms with Gasteiger partial charge in [0, 0.05) is 43.8 Å². The molecule has 1 amide bonds. The van der Waals surface area contributed by atoms with E-state index in [1.807, 2.05) is 25.1 Å². The molecule has 0 bridgehead atoms. The molecule has 0 radical (unpaired) electrons. The Bertz CT molecular complexity index is 725. The number of hydrogen-bond donors (Lipinski definition) is 1. The highest BCUT2D eigenvalue weighted by Crippen LogP contribution is 2.15. The van der Waals surface area contributed by atoms with E-state index in [2.05, 4.69) is 26.3 Å². The lowest BCUT2D eigenvalue weighted by Gasteiger charge is -2.37. The molecule has 7 heteroatoms. The maximum absolute atomic E-state index is 12.4. The number of hydrogen-bond acceptors (Lipinski definition) is 5. The Morgan fingerprint density at radius 3 is 2.72 bits per heavy atom. The lowest BCUT2D eigenvalue weighted by atomic mass is 10.1. The fourth-order valence-electron chi connectivity index (χ4n) is 3.02. The molecule has 0 unspecified atom stereocenters. The first-order chi connectivity index (χ1) is 12.0. The molecule has 3 rings (SSSR count). The molecule has 1 aromatic heterocycles. The van der Waals surface area contributed by atoms with Crippen LogP contribution >= 0.6 is 11.6 Å². The van der Waals surface area contributed by atoms with E-state index in [9.17, 15) is 4.79 Å². The molecule has 134 valence electrons. The predicted molar refractivity (Wildman–Crippen MR) is 97.6 cm³/mol. The second-order valence-corrected chi connectivity index (χ2v) is 6.87. The summed E-state index contributed by atoms with van der Waals surface area (Å²) < 4.78 is 4.98. The van der Waals surface area contributed by atoms with Crippen molar-refractivity contribution in [2.24, 2.45) is 0 Å². The van der Waals surface area contributed by atoms with Crippen LogP contribution in [0, 0.1) is 6.92 Å². The number of amides is 1. The summed E-state index contributed by atoms with van der Waals surface area (Å²) in [4.78, 5) is 16.9. The van der Waals surface area contributed by atoms with Crippen molar-refractivity contribution in [2.45, 2.75) is 26.4 Å². The van der Waals surface area contributed by atoms with Gasteiger partial charge in [-0.3, -0.25) is 14.6 Å². The minimum atomic E-state index is -0.203. The van der Waals surface area contributed by atoms with E-state index in [1.165, 1.54) is 5.56 Å². The number of benzene rings is 1. The minimum absolute atomic E-state index is 0.0587. The summed E-state index contributed by atoms with van der Waals surface area (Å²) in [6.07, 6.45) is 0. The number of aromatic nitrogens is 1. The van der Waals surface area contributed by atoms with Crippen molar-refractivity contribution < 1.29 is 9.32 Å². The molecule has 6 nitrogen and oxygen atoms in total. The zero-order chi connectivity index (χ0) is 17.8. The number of piperazine rings is 1. The van der Waals surface area contributed by atoms with Gasteiger partial charge in [0.05, 0.1) is 6.04 Å². The van der Waals surface area contributed by atoms with Crippen LogP contribution in [0.5, 0.6) is 0 Å². The molecule has 1 N–H and O–H groups in total. The van der Waals surface area contributed by atoms with E-state index in [4.69, 9.17) is 16.1 Å². The molecule has 1 atom stereocenters. The maximum atomic E-state index is 12.4. The lowest BCUT2D eigenvalue weighted by Crippen LogP contribution is -2.52. The van der Waals surface area contributed by atoms with Crippen molar-refractivity contribution in [1.29, 1.82) is 0 Å². The van der Waals surface area contributed by atoms with Gasteiger partial charge in [-0.2, -0.15) is 0 Å². The molecule has 2 aromatic rings. The van der Waals surface area contributed by atoms with Crippen LogP contribution in [0.3, 0.4) is 0 Å². The van der Waals surface area contributed by atoms with Crippen LogP contribution in [0.15, 0.2) is 34.9 Å². The molecule has 1 aliphatic rings. The Morgan fingerprint density at radius 2 is 2.08 bits per heavy atom. The van der Waals surface area contributed by atoms with Gasteiger partial charge in [0.15, 0.2) is 5.82 Å². The Hall–Kier alpha value is -1.89. The van der Waals surface area contributed by atoms with Gasteiger partial charge in [0.25, 0.3) is 0 Å². The first kappa shape index (κ1) is 17.9. The SMILES string of the molecule is Cc1cc(NC(=O)[C@H](C)N2CCN(Cc3cccc(Cl)c3)CC2)no1. The molecule has 0 spiro atoms. The highest BCUT2D eigenvalue weighted by Gasteiger charge is 2.26. The van der Waals surface area contributed by atoms with Gasteiger partial charge in [0.1, 0.15) is 5.76 Å². The number of rotatable bonds is 5. The van der Waals surface area contributed by atoms with Gasteiger partial charge in [-0.1, -0.05) is 28.9 Å². The Balaban J connectivity index is 1.48. The van der Waals surface area contributed by atoms with Crippen LogP contribution in [0.2, 0.25) is 5.02 Å². The van der Waals surface area contributed by atoms with E-state index >= 15 is 0 Å².